The number of hydrogen-bond acceptors (Lipinski definition) is 4. The van der Waals surface area contributed by atoms with Crippen LogP contribution in [0.15, 0.2) is 10.3 Å². The van der Waals surface area contributed by atoms with E-state index in [9.17, 15) is 0 Å². The maximum absolute atomic E-state index is 9.13. The van der Waals surface area contributed by atoms with Crippen molar-refractivity contribution in [2.24, 2.45) is 16.3 Å². The van der Waals surface area contributed by atoms with Crippen LogP contribution in [0.3, 0.4) is 0 Å². The molecule has 1 heterocycles. The lowest BCUT2D eigenvalue weighted by Gasteiger charge is -2.22. The van der Waals surface area contributed by atoms with Crippen LogP contribution in [0.25, 0.3) is 0 Å². The molecule has 1 saturated carbocycles. The van der Waals surface area contributed by atoms with Gasteiger partial charge in [-0.1, -0.05) is 5.22 Å². The molecule has 0 radical (unpaired) electrons. The normalized spacial score (nSPS) is 37.0. The molecule has 2 rings (SSSR count). The van der Waals surface area contributed by atoms with E-state index < -0.39 is 0 Å². The quantitative estimate of drug-likeness (QED) is 0.731. The maximum Gasteiger partial charge on any atom is 0.0949 e. The highest BCUT2D eigenvalue weighted by Crippen LogP contribution is 2.31. The second kappa shape index (κ2) is 4.26. The summed E-state index contributed by atoms with van der Waals surface area (Å²) >= 11 is 0. The summed E-state index contributed by atoms with van der Waals surface area (Å²) < 4.78 is 0. The largest absolute Gasteiger partial charge is 0.396 e. The molecule has 0 aromatic heterocycles. The monoisotopic (exact) mass is 197 g/mol. The maximum atomic E-state index is 9.13. The molecule has 14 heavy (non-hydrogen) atoms. The van der Waals surface area contributed by atoms with E-state index in [0.717, 1.165) is 32.2 Å². The van der Waals surface area contributed by atoms with Gasteiger partial charge in [-0.15, -0.1) is 0 Å². The van der Waals surface area contributed by atoms with Crippen molar-refractivity contribution in [1.29, 1.82) is 0 Å². The fourth-order valence-electron chi connectivity index (χ4n) is 2.50. The smallest absolute Gasteiger partial charge is 0.0949 e. The number of likely N-dealkylation sites (N-methyl/N-ethyl adjacent to an activating group) is 1. The lowest BCUT2D eigenvalue weighted by Crippen LogP contribution is -2.33. The van der Waals surface area contributed by atoms with Crippen molar-refractivity contribution in [3.8, 4) is 0 Å². The third-order valence-electron chi connectivity index (χ3n) is 3.47. The van der Waals surface area contributed by atoms with Gasteiger partial charge in [0.1, 0.15) is 0 Å². The average molecular weight is 197 g/mol. The molecule has 80 valence electrons. The second-order valence-electron chi connectivity index (χ2n) is 4.30. The molecule has 3 unspecified atom stereocenters. The van der Waals surface area contributed by atoms with Crippen LogP contribution in [0.4, 0.5) is 0 Å². The van der Waals surface area contributed by atoms with Crippen LogP contribution in [-0.4, -0.2) is 35.4 Å². The van der Waals surface area contributed by atoms with Gasteiger partial charge in [-0.25, -0.2) is 0 Å². The zero-order chi connectivity index (χ0) is 9.97. The predicted octanol–water partition coefficient (Wildman–Crippen LogP) is 1.61. The molecule has 0 amide bonds. The number of aliphatic hydroxyl groups is 1. The first kappa shape index (κ1) is 9.90. The van der Waals surface area contributed by atoms with E-state index in [0.29, 0.717) is 24.6 Å². The highest BCUT2D eigenvalue weighted by molar-refractivity contribution is 4.89. The third kappa shape index (κ3) is 1.75. The Bertz CT molecular complexity index is 219. The minimum absolute atomic E-state index is 0.336. The number of aliphatic hydroxyl groups excluding tert-OH is 1. The molecule has 1 N–H and O–H groups in total. The molecule has 0 saturated heterocycles. The molecule has 3 atom stereocenters. The van der Waals surface area contributed by atoms with E-state index in [1.807, 2.05) is 0 Å². The summed E-state index contributed by atoms with van der Waals surface area (Å²) in [5.41, 5.74) is 0. The van der Waals surface area contributed by atoms with Gasteiger partial charge in [-0.3, -0.25) is 5.01 Å². The van der Waals surface area contributed by atoms with E-state index in [1.165, 1.54) is 0 Å². The molecule has 4 heteroatoms. The van der Waals surface area contributed by atoms with Crippen LogP contribution >= 0.6 is 0 Å². The van der Waals surface area contributed by atoms with E-state index in [1.54, 1.807) is 0 Å². The van der Waals surface area contributed by atoms with E-state index in [4.69, 9.17) is 5.11 Å². The minimum atomic E-state index is 0.336. The molecule has 0 bridgehead atoms. The summed E-state index contributed by atoms with van der Waals surface area (Å²) in [5, 5.41) is 19.7. The van der Waals surface area contributed by atoms with Crippen molar-refractivity contribution in [3.05, 3.63) is 0 Å². The summed E-state index contributed by atoms with van der Waals surface area (Å²) in [5.74, 6) is 0.495. The fraction of sp³-hybridized carbons (Fsp3) is 1.00. The van der Waals surface area contributed by atoms with Crippen molar-refractivity contribution < 1.29 is 5.11 Å². The Morgan fingerprint density at radius 3 is 2.79 bits per heavy atom. The minimum Gasteiger partial charge on any atom is -0.396 e. The molecule has 4 nitrogen and oxygen atoms in total. The number of hydrogen-bond donors (Lipinski definition) is 1. The van der Waals surface area contributed by atoms with Crippen molar-refractivity contribution in [3.63, 3.8) is 0 Å². The zero-order valence-electron chi connectivity index (χ0n) is 8.76. The topological polar surface area (TPSA) is 48.2 Å². The Hall–Kier alpha value is -0.640. The summed E-state index contributed by atoms with van der Waals surface area (Å²) in [4.78, 5) is 0. The van der Waals surface area contributed by atoms with E-state index >= 15 is 0 Å². The average Bonchev–Trinajstić information content (AvgIpc) is 2.50. The van der Waals surface area contributed by atoms with Crippen LogP contribution in [0.1, 0.15) is 32.6 Å². The van der Waals surface area contributed by atoms with Crippen molar-refractivity contribution in [1.82, 2.24) is 5.01 Å². The van der Waals surface area contributed by atoms with Crippen LogP contribution in [0, 0.1) is 5.92 Å². The first-order valence-electron chi connectivity index (χ1n) is 5.63. The third-order valence-corrected chi connectivity index (χ3v) is 3.47. The Morgan fingerprint density at radius 1 is 1.29 bits per heavy atom. The predicted molar refractivity (Wildman–Crippen MR) is 53.9 cm³/mol. The summed E-state index contributed by atoms with van der Waals surface area (Å²) in [6.07, 6.45) is 4.46. The first-order valence-corrected chi connectivity index (χ1v) is 5.63. The van der Waals surface area contributed by atoms with Gasteiger partial charge >= 0.3 is 0 Å². The van der Waals surface area contributed by atoms with Gasteiger partial charge in [0.2, 0.25) is 0 Å². The highest BCUT2D eigenvalue weighted by atomic mass is 16.3. The molecule has 0 aromatic carbocycles. The van der Waals surface area contributed by atoms with Crippen molar-refractivity contribution in [2.45, 2.75) is 44.7 Å². The van der Waals surface area contributed by atoms with Gasteiger partial charge in [-0.05, 0) is 38.5 Å². The molecular weight excluding hydrogens is 178 g/mol. The van der Waals surface area contributed by atoms with Gasteiger partial charge in [0, 0.05) is 13.2 Å². The zero-order valence-corrected chi connectivity index (χ0v) is 8.76. The van der Waals surface area contributed by atoms with Gasteiger partial charge in [-0.2, -0.15) is 5.11 Å². The standard InChI is InChI=1S/C10H19N3O/c1-2-13-10-6-4-8(7-14)3-5-9(10)11-12-13/h8-10,14H,2-7H2,1H3. The highest BCUT2D eigenvalue weighted by Gasteiger charge is 2.34. The Morgan fingerprint density at radius 2 is 2.07 bits per heavy atom. The molecule has 2 aliphatic rings. The van der Waals surface area contributed by atoms with Gasteiger partial charge in [0.25, 0.3) is 0 Å². The Kier molecular flexibility index (Phi) is 3.01. The van der Waals surface area contributed by atoms with E-state index in [2.05, 4.69) is 22.3 Å². The number of nitrogens with zero attached hydrogens (tertiary/aromatic N) is 3. The Balaban J connectivity index is 1.98. The lowest BCUT2D eigenvalue weighted by atomic mass is 10.0. The second-order valence-corrected chi connectivity index (χ2v) is 4.30. The molecule has 1 aliphatic carbocycles. The lowest BCUT2D eigenvalue weighted by molar-refractivity contribution is 0.196. The molecule has 0 aromatic rings. The molecular formula is C10H19N3O. The SMILES string of the molecule is CCN1N=NC2CCC(CO)CCC21. The summed E-state index contributed by atoms with van der Waals surface area (Å²) in [6, 6.07) is 0.906. The van der Waals surface area contributed by atoms with Crippen molar-refractivity contribution in [2.75, 3.05) is 13.2 Å². The molecule has 0 spiro atoms. The number of fused-ring (bicyclic) bond motifs is 1. The van der Waals surface area contributed by atoms with Gasteiger partial charge in [0.15, 0.2) is 0 Å². The van der Waals surface area contributed by atoms with Crippen LogP contribution in [-0.2, 0) is 0 Å². The van der Waals surface area contributed by atoms with Crippen LogP contribution in [0.2, 0.25) is 0 Å². The van der Waals surface area contributed by atoms with Crippen LogP contribution in [0.5, 0.6) is 0 Å². The van der Waals surface area contributed by atoms with Gasteiger partial charge < -0.3 is 5.11 Å². The summed E-state index contributed by atoms with van der Waals surface area (Å²) in [6.45, 7) is 3.41. The van der Waals surface area contributed by atoms with E-state index in [-0.39, 0.29) is 0 Å². The van der Waals surface area contributed by atoms with Crippen LogP contribution < -0.4 is 0 Å². The molecule has 1 aliphatic heterocycles. The van der Waals surface area contributed by atoms with Crippen molar-refractivity contribution >= 4 is 0 Å². The molecule has 1 fully saturated rings. The number of rotatable bonds is 2. The summed E-state index contributed by atoms with van der Waals surface area (Å²) in [7, 11) is 0. The fourth-order valence-corrected chi connectivity index (χ4v) is 2.50. The first-order chi connectivity index (χ1) is 6.85. The Labute approximate surface area is 85.0 Å². The van der Waals surface area contributed by atoms with Gasteiger partial charge in [0.05, 0.1) is 12.1 Å².